The van der Waals surface area contributed by atoms with E-state index in [1.165, 1.54) is 19.3 Å². The average molecular weight is 192 g/mol. The molecular formula is C8H14ClNO2. The summed E-state index contributed by atoms with van der Waals surface area (Å²) in [7, 11) is 0. The molecule has 1 heterocycles. The molecule has 0 amide bonds. The molecule has 2 bridgehead atoms. The van der Waals surface area contributed by atoms with Gasteiger partial charge in [-0.05, 0) is 25.2 Å². The summed E-state index contributed by atoms with van der Waals surface area (Å²) in [6.45, 7) is 0. The first-order chi connectivity index (χ1) is 5.25. The SMILES string of the molecule is Cl.O=C(O)CC1NC2CCC1C2. The second kappa shape index (κ2) is 3.62. The molecule has 3 atom stereocenters. The van der Waals surface area contributed by atoms with Crippen molar-refractivity contribution >= 4 is 18.4 Å². The van der Waals surface area contributed by atoms with Crippen LogP contribution >= 0.6 is 12.4 Å². The lowest BCUT2D eigenvalue weighted by atomic mass is 9.97. The molecule has 0 aromatic heterocycles. The van der Waals surface area contributed by atoms with Gasteiger partial charge in [-0.25, -0.2) is 0 Å². The lowest BCUT2D eigenvalue weighted by Crippen LogP contribution is -2.36. The van der Waals surface area contributed by atoms with Gasteiger partial charge in [-0.3, -0.25) is 4.79 Å². The zero-order valence-corrected chi connectivity index (χ0v) is 7.64. The van der Waals surface area contributed by atoms with Gasteiger partial charge >= 0.3 is 5.97 Å². The minimum atomic E-state index is -0.671. The van der Waals surface area contributed by atoms with Crippen molar-refractivity contribution in [2.75, 3.05) is 0 Å². The van der Waals surface area contributed by atoms with E-state index in [9.17, 15) is 4.79 Å². The standard InChI is InChI=1S/C8H13NO2.ClH/c10-8(11)4-7-5-1-2-6(3-5)9-7;/h5-7,9H,1-4H2,(H,10,11);1H. The van der Waals surface area contributed by atoms with Crippen LogP contribution in [0.25, 0.3) is 0 Å². The van der Waals surface area contributed by atoms with Crippen LogP contribution in [-0.4, -0.2) is 23.2 Å². The van der Waals surface area contributed by atoms with Crippen LogP contribution in [0.2, 0.25) is 0 Å². The summed E-state index contributed by atoms with van der Waals surface area (Å²) in [6.07, 6.45) is 4.00. The molecule has 3 nitrogen and oxygen atoms in total. The first-order valence-corrected chi connectivity index (χ1v) is 4.23. The number of hydrogen-bond acceptors (Lipinski definition) is 2. The van der Waals surface area contributed by atoms with E-state index in [1.54, 1.807) is 0 Å². The summed E-state index contributed by atoms with van der Waals surface area (Å²) in [5, 5.41) is 11.9. The second-order valence-corrected chi connectivity index (χ2v) is 3.64. The first kappa shape index (κ1) is 9.81. The van der Waals surface area contributed by atoms with E-state index in [4.69, 9.17) is 5.11 Å². The average Bonchev–Trinajstić information content (AvgIpc) is 2.45. The Labute approximate surface area is 77.9 Å². The molecule has 2 rings (SSSR count). The van der Waals surface area contributed by atoms with E-state index in [2.05, 4.69) is 5.32 Å². The van der Waals surface area contributed by atoms with Crippen molar-refractivity contribution in [1.82, 2.24) is 5.32 Å². The van der Waals surface area contributed by atoms with Gasteiger partial charge in [-0.15, -0.1) is 12.4 Å². The Morgan fingerprint density at radius 2 is 2.25 bits per heavy atom. The fourth-order valence-corrected chi connectivity index (χ4v) is 2.39. The quantitative estimate of drug-likeness (QED) is 0.686. The summed E-state index contributed by atoms with van der Waals surface area (Å²) < 4.78 is 0. The van der Waals surface area contributed by atoms with Crippen LogP contribution in [0.1, 0.15) is 25.7 Å². The topological polar surface area (TPSA) is 49.3 Å². The van der Waals surface area contributed by atoms with Crippen LogP contribution < -0.4 is 5.32 Å². The fourth-order valence-electron chi connectivity index (χ4n) is 2.39. The van der Waals surface area contributed by atoms with Crippen LogP contribution in [0.4, 0.5) is 0 Å². The van der Waals surface area contributed by atoms with Crippen molar-refractivity contribution in [2.45, 2.75) is 37.8 Å². The zero-order chi connectivity index (χ0) is 7.84. The molecule has 2 aliphatic rings. The highest BCUT2D eigenvalue weighted by Gasteiger charge is 2.39. The molecule has 2 fully saturated rings. The van der Waals surface area contributed by atoms with Crippen LogP contribution in [0, 0.1) is 5.92 Å². The van der Waals surface area contributed by atoms with Gasteiger partial charge in [0.15, 0.2) is 0 Å². The molecule has 0 radical (unpaired) electrons. The van der Waals surface area contributed by atoms with Gasteiger partial charge in [0.2, 0.25) is 0 Å². The molecule has 1 aliphatic carbocycles. The number of piperidine rings is 1. The minimum absolute atomic E-state index is 0. The van der Waals surface area contributed by atoms with Gasteiger partial charge < -0.3 is 10.4 Å². The summed E-state index contributed by atoms with van der Waals surface area (Å²) in [4.78, 5) is 10.4. The van der Waals surface area contributed by atoms with Crippen molar-refractivity contribution in [3.63, 3.8) is 0 Å². The number of hydrogen-bond donors (Lipinski definition) is 2. The maximum absolute atomic E-state index is 10.4. The molecule has 3 unspecified atom stereocenters. The molecule has 0 aromatic carbocycles. The Morgan fingerprint density at radius 1 is 1.50 bits per heavy atom. The van der Waals surface area contributed by atoms with Crippen molar-refractivity contribution in [3.05, 3.63) is 0 Å². The molecular weight excluding hydrogens is 178 g/mol. The monoisotopic (exact) mass is 191 g/mol. The van der Waals surface area contributed by atoms with E-state index in [0.717, 1.165) is 0 Å². The van der Waals surface area contributed by atoms with Crippen LogP contribution in [0.15, 0.2) is 0 Å². The Kier molecular flexibility index (Phi) is 2.96. The van der Waals surface area contributed by atoms with Crippen molar-refractivity contribution in [3.8, 4) is 0 Å². The third kappa shape index (κ3) is 1.72. The van der Waals surface area contributed by atoms with Gasteiger partial charge in [0.05, 0.1) is 6.42 Å². The summed E-state index contributed by atoms with van der Waals surface area (Å²) in [5.74, 6) is -0.0221. The fraction of sp³-hybridized carbons (Fsp3) is 0.875. The number of halogens is 1. The van der Waals surface area contributed by atoms with Crippen molar-refractivity contribution < 1.29 is 9.90 Å². The third-order valence-corrected chi connectivity index (χ3v) is 2.89. The van der Waals surface area contributed by atoms with Crippen molar-refractivity contribution in [1.29, 1.82) is 0 Å². The molecule has 2 N–H and O–H groups in total. The van der Waals surface area contributed by atoms with E-state index in [-0.39, 0.29) is 18.4 Å². The molecule has 0 aromatic rings. The Hall–Kier alpha value is -0.280. The largest absolute Gasteiger partial charge is 0.481 e. The molecule has 70 valence electrons. The number of aliphatic carboxylic acids is 1. The zero-order valence-electron chi connectivity index (χ0n) is 6.82. The van der Waals surface area contributed by atoms with Gasteiger partial charge in [-0.2, -0.15) is 0 Å². The molecule has 12 heavy (non-hydrogen) atoms. The lowest BCUT2D eigenvalue weighted by Gasteiger charge is -2.20. The predicted molar refractivity (Wildman–Crippen MR) is 47.6 cm³/mol. The maximum atomic E-state index is 10.4. The normalized spacial score (nSPS) is 37.8. The molecule has 1 saturated heterocycles. The third-order valence-electron chi connectivity index (χ3n) is 2.89. The van der Waals surface area contributed by atoms with E-state index < -0.39 is 5.97 Å². The summed E-state index contributed by atoms with van der Waals surface area (Å²) >= 11 is 0. The number of carboxylic acid groups (broad SMARTS) is 1. The van der Waals surface area contributed by atoms with Crippen LogP contribution in [0.3, 0.4) is 0 Å². The number of carbonyl (C=O) groups is 1. The summed E-state index contributed by atoms with van der Waals surface area (Å²) in [5.41, 5.74) is 0. The first-order valence-electron chi connectivity index (χ1n) is 4.23. The van der Waals surface area contributed by atoms with Crippen LogP contribution in [0.5, 0.6) is 0 Å². The molecule has 1 saturated carbocycles. The van der Waals surface area contributed by atoms with Gasteiger partial charge in [-0.1, -0.05) is 0 Å². The van der Waals surface area contributed by atoms with Gasteiger partial charge in [0.1, 0.15) is 0 Å². The maximum Gasteiger partial charge on any atom is 0.304 e. The van der Waals surface area contributed by atoms with E-state index >= 15 is 0 Å². The van der Waals surface area contributed by atoms with Gasteiger partial charge in [0.25, 0.3) is 0 Å². The minimum Gasteiger partial charge on any atom is -0.481 e. The van der Waals surface area contributed by atoms with E-state index in [1.807, 2.05) is 0 Å². The van der Waals surface area contributed by atoms with Gasteiger partial charge in [0, 0.05) is 12.1 Å². The van der Waals surface area contributed by atoms with Crippen molar-refractivity contribution in [2.24, 2.45) is 5.92 Å². The number of nitrogens with one attached hydrogen (secondary N) is 1. The highest BCUT2D eigenvalue weighted by Crippen LogP contribution is 2.36. The smallest absolute Gasteiger partial charge is 0.304 e. The second-order valence-electron chi connectivity index (χ2n) is 3.64. The number of rotatable bonds is 2. The Bertz CT molecular complexity index is 186. The molecule has 4 heteroatoms. The van der Waals surface area contributed by atoms with Crippen LogP contribution in [-0.2, 0) is 4.79 Å². The Morgan fingerprint density at radius 3 is 2.67 bits per heavy atom. The highest BCUT2D eigenvalue weighted by atomic mass is 35.5. The predicted octanol–water partition coefficient (Wildman–Crippen LogP) is 1.02. The molecule has 0 spiro atoms. The number of carboxylic acids is 1. The molecule has 1 aliphatic heterocycles. The number of fused-ring (bicyclic) bond motifs is 2. The highest BCUT2D eigenvalue weighted by molar-refractivity contribution is 5.85. The lowest BCUT2D eigenvalue weighted by molar-refractivity contribution is -0.137. The Balaban J connectivity index is 0.000000720. The van der Waals surface area contributed by atoms with E-state index in [0.29, 0.717) is 18.4 Å². The summed E-state index contributed by atoms with van der Waals surface area (Å²) in [6, 6.07) is 0.899.